The Balaban J connectivity index is 1.37. The number of aryl methyl sites for hydroxylation is 1. The molecule has 1 saturated heterocycles. The van der Waals surface area contributed by atoms with E-state index in [1.165, 1.54) is 12.8 Å². The SMILES string of the molecule is Cc1ncc(Cl)c(-c2cc(C#N)c(N3CCN(C(=O)C4CC4)[C@H](C4CC4)C3)nc2C2CC2)n1. The van der Waals surface area contributed by atoms with E-state index in [1.807, 2.05) is 13.0 Å². The molecule has 3 saturated carbocycles. The van der Waals surface area contributed by atoms with E-state index in [0.717, 1.165) is 49.3 Å². The molecule has 3 aliphatic carbocycles. The highest BCUT2D eigenvalue weighted by molar-refractivity contribution is 6.32. The van der Waals surface area contributed by atoms with Gasteiger partial charge in [0.05, 0.1) is 28.0 Å². The molecule has 0 spiro atoms. The van der Waals surface area contributed by atoms with Crippen LogP contribution in [0.4, 0.5) is 5.82 Å². The molecule has 0 unspecified atom stereocenters. The maximum absolute atomic E-state index is 12.9. The van der Waals surface area contributed by atoms with E-state index in [-0.39, 0.29) is 12.0 Å². The molecule has 4 aliphatic rings. The summed E-state index contributed by atoms with van der Waals surface area (Å²) in [7, 11) is 0. The zero-order valence-corrected chi connectivity index (χ0v) is 19.6. The number of nitrogens with zero attached hydrogens (tertiary/aromatic N) is 6. The number of pyridine rings is 1. The largest absolute Gasteiger partial charge is 0.352 e. The normalized spacial score (nSPS) is 22.9. The molecule has 0 bridgehead atoms. The third-order valence-corrected chi connectivity index (χ3v) is 7.61. The first kappa shape index (κ1) is 20.9. The fourth-order valence-corrected chi connectivity index (χ4v) is 5.26. The molecule has 0 radical (unpaired) electrons. The minimum Gasteiger partial charge on any atom is -0.352 e. The highest BCUT2D eigenvalue weighted by Gasteiger charge is 2.45. The maximum atomic E-state index is 12.9. The van der Waals surface area contributed by atoms with E-state index < -0.39 is 0 Å². The van der Waals surface area contributed by atoms with Crippen molar-refractivity contribution in [1.29, 1.82) is 5.26 Å². The van der Waals surface area contributed by atoms with Gasteiger partial charge < -0.3 is 9.80 Å². The number of amides is 1. The summed E-state index contributed by atoms with van der Waals surface area (Å²) in [6.45, 7) is 4.01. The minimum atomic E-state index is 0.225. The lowest BCUT2D eigenvalue weighted by Crippen LogP contribution is -2.57. The molecule has 7 nitrogen and oxygen atoms in total. The predicted molar refractivity (Wildman–Crippen MR) is 125 cm³/mol. The third kappa shape index (κ3) is 3.95. The number of carbonyl (C=O) groups excluding carboxylic acids is 1. The zero-order chi connectivity index (χ0) is 22.7. The summed E-state index contributed by atoms with van der Waals surface area (Å²) in [6.07, 6.45) is 8.23. The van der Waals surface area contributed by atoms with E-state index in [4.69, 9.17) is 16.6 Å². The number of hydrogen-bond donors (Lipinski definition) is 0. The Kier molecular flexibility index (Phi) is 5.02. The molecule has 4 fully saturated rings. The molecule has 2 aromatic rings. The topological polar surface area (TPSA) is 86.0 Å². The first-order valence-electron chi connectivity index (χ1n) is 12.0. The van der Waals surface area contributed by atoms with Gasteiger partial charge in [-0.1, -0.05) is 11.6 Å². The smallest absolute Gasteiger partial charge is 0.226 e. The lowest BCUT2D eigenvalue weighted by molar-refractivity contribution is -0.135. The van der Waals surface area contributed by atoms with Crippen LogP contribution in [0.25, 0.3) is 11.3 Å². The van der Waals surface area contributed by atoms with Crippen LogP contribution in [0.3, 0.4) is 0 Å². The van der Waals surface area contributed by atoms with Crippen molar-refractivity contribution in [2.45, 2.75) is 57.4 Å². The number of aromatic nitrogens is 3. The van der Waals surface area contributed by atoms with Crippen LogP contribution in [0, 0.1) is 30.1 Å². The first-order valence-corrected chi connectivity index (χ1v) is 12.4. The van der Waals surface area contributed by atoms with E-state index in [9.17, 15) is 10.1 Å². The molecule has 2 aromatic heterocycles. The van der Waals surface area contributed by atoms with Crippen LogP contribution < -0.4 is 4.90 Å². The van der Waals surface area contributed by atoms with E-state index in [1.54, 1.807) is 6.20 Å². The van der Waals surface area contributed by atoms with Gasteiger partial charge in [0.25, 0.3) is 0 Å². The van der Waals surface area contributed by atoms with Crippen molar-refractivity contribution in [3.8, 4) is 17.3 Å². The Labute approximate surface area is 198 Å². The summed E-state index contributed by atoms with van der Waals surface area (Å²) >= 11 is 6.47. The number of nitriles is 1. The fraction of sp³-hybridized carbons (Fsp3) is 0.560. The van der Waals surface area contributed by atoms with E-state index in [2.05, 4.69) is 25.8 Å². The second-order valence-electron chi connectivity index (χ2n) is 9.95. The summed E-state index contributed by atoms with van der Waals surface area (Å²) in [6, 6.07) is 4.51. The molecular weight excluding hydrogens is 436 g/mol. The van der Waals surface area contributed by atoms with E-state index >= 15 is 0 Å². The van der Waals surface area contributed by atoms with Gasteiger partial charge in [0.1, 0.15) is 17.7 Å². The molecule has 8 heteroatoms. The molecule has 1 amide bonds. The number of rotatable bonds is 5. The van der Waals surface area contributed by atoms with Gasteiger partial charge in [-0.3, -0.25) is 4.79 Å². The second kappa shape index (κ2) is 7.95. The Morgan fingerprint density at radius 3 is 2.61 bits per heavy atom. The highest BCUT2D eigenvalue weighted by atomic mass is 35.5. The molecule has 0 aromatic carbocycles. The first-order chi connectivity index (χ1) is 16.0. The van der Waals surface area contributed by atoms with Crippen molar-refractivity contribution >= 4 is 23.3 Å². The van der Waals surface area contributed by atoms with Crippen LogP contribution in [-0.2, 0) is 4.79 Å². The Bertz CT molecular complexity index is 1160. The number of carbonyl (C=O) groups is 1. The summed E-state index contributed by atoms with van der Waals surface area (Å²) < 4.78 is 0. The van der Waals surface area contributed by atoms with Crippen molar-refractivity contribution in [2.24, 2.45) is 11.8 Å². The van der Waals surface area contributed by atoms with Crippen LogP contribution in [0.2, 0.25) is 5.02 Å². The van der Waals surface area contributed by atoms with Crippen molar-refractivity contribution in [1.82, 2.24) is 19.9 Å². The van der Waals surface area contributed by atoms with Gasteiger partial charge in [0, 0.05) is 43.2 Å². The molecule has 170 valence electrons. The van der Waals surface area contributed by atoms with Crippen molar-refractivity contribution in [3.05, 3.63) is 34.4 Å². The van der Waals surface area contributed by atoms with Gasteiger partial charge in [0.15, 0.2) is 0 Å². The molecule has 33 heavy (non-hydrogen) atoms. The van der Waals surface area contributed by atoms with Gasteiger partial charge >= 0.3 is 0 Å². The fourth-order valence-electron chi connectivity index (χ4n) is 5.07. The second-order valence-corrected chi connectivity index (χ2v) is 10.4. The highest BCUT2D eigenvalue weighted by Crippen LogP contribution is 2.46. The van der Waals surface area contributed by atoms with Crippen LogP contribution in [0.1, 0.15) is 61.5 Å². The lowest BCUT2D eigenvalue weighted by atomic mass is 10.0. The van der Waals surface area contributed by atoms with Crippen LogP contribution in [0.15, 0.2) is 12.3 Å². The summed E-state index contributed by atoms with van der Waals surface area (Å²) in [4.78, 5) is 31.1. The third-order valence-electron chi connectivity index (χ3n) is 7.33. The number of anilines is 1. The van der Waals surface area contributed by atoms with Gasteiger partial charge in [-0.2, -0.15) is 5.26 Å². The number of halogens is 1. The quantitative estimate of drug-likeness (QED) is 0.665. The average molecular weight is 463 g/mol. The molecule has 3 heterocycles. The van der Waals surface area contributed by atoms with Crippen molar-refractivity contribution < 1.29 is 4.79 Å². The lowest BCUT2D eigenvalue weighted by Gasteiger charge is -2.43. The average Bonchev–Trinajstić information content (AvgIpc) is 3.67. The van der Waals surface area contributed by atoms with Gasteiger partial charge in [-0.25, -0.2) is 15.0 Å². The molecule has 0 N–H and O–H groups in total. The predicted octanol–water partition coefficient (Wildman–Crippen LogP) is 4.09. The van der Waals surface area contributed by atoms with Crippen LogP contribution >= 0.6 is 11.6 Å². The maximum Gasteiger partial charge on any atom is 0.226 e. The van der Waals surface area contributed by atoms with Gasteiger partial charge in [-0.05, 0) is 57.4 Å². The van der Waals surface area contributed by atoms with Crippen molar-refractivity contribution in [3.63, 3.8) is 0 Å². The van der Waals surface area contributed by atoms with Crippen LogP contribution in [-0.4, -0.2) is 51.4 Å². The molecule has 6 rings (SSSR count). The molecule has 1 atom stereocenters. The van der Waals surface area contributed by atoms with Crippen molar-refractivity contribution in [2.75, 3.05) is 24.5 Å². The van der Waals surface area contributed by atoms with Gasteiger partial charge in [-0.15, -0.1) is 0 Å². The Morgan fingerprint density at radius 1 is 1.15 bits per heavy atom. The molecular formula is C25H27ClN6O. The summed E-state index contributed by atoms with van der Waals surface area (Å²) in [5.74, 6) is 2.91. The zero-order valence-electron chi connectivity index (χ0n) is 18.8. The number of hydrogen-bond acceptors (Lipinski definition) is 6. The Hall–Kier alpha value is -2.72. The van der Waals surface area contributed by atoms with Crippen LogP contribution in [0.5, 0.6) is 0 Å². The molecule has 1 aliphatic heterocycles. The minimum absolute atomic E-state index is 0.225. The van der Waals surface area contributed by atoms with Gasteiger partial charge in [0.2, 0.25) is 5.91 Å². The number of piperazine rings is 1. The summed E-state index contributed by atoms with van der Waals surface area (Å²) in [5.41, 5.74) is 3.01. The monoisotopic (exact) mass is 462 g/mol. The summed E-state index contributed by atoms with van der Waals surface area (Å²) in [5, 5.41) is 10.5. The standard InChI is InChI=1S/C25H27ClN6O/c1-14-28-12-20(26)23(29-14)19-10-18(11-27)24(30-22(19)16-4-5-16)31-8-9-32(25(33)17-6-7-17)21(13-31)15-2-3-15/h10,12,15-17,21H,2-9,13H2,1H3/t21-/m0/s1. The Morgan fingerprint density at radius 2 is 1.94 bits per heavy atom. The van der Waals surface area contributed by atoms with E-state index in [0.29, 0.717) is 52.9 Å².